The largest absolute Gasteiger partial charge is 0.477 e. The first-order valence-electron chi connectivity index (χ1n) is 10.6. The van der Waals surface area contributed by atoms with Crippen LogP contribution in [0.2, 0.25) is 0 Å². The highest BCUT2D eigenvalue weighted by atomic mass is 32.1. The molecule has 1 aliphatic rings. The lowest BCUT2D eigenvalue weighted by Crippen LogP contribution is -2.32. The van der Waals surface area contributed by atoms with Gasteiger partial charge in [0.1, 0.15) is 4.88 Å². The summed E-state index contributed by atoms with van der Waals surface area (Å²) in [5, 5.41) is 19.5. The summed E-state index contributed by atoms with van der Waals surface area (Å²) in [7, 11) is 0. The number of aliphatic hydroxyl groups excluding tert-OH is 1. The maximum atomic E-state index is 12.3. The fourth-order valence-electron chi connectivity index (χ4n) is 3.67. The number of thiophene rings is 1. The molecule has 1 amide bonds. The molecule has 2 aromatic rings. The summed E-state index contributed by atoms with van der Waals surface area (Å²) < 4.78 is 0. The molecular formula is C25H29NO4S. The van der Waals surface area contributed by atoms with Gasteiger partial charge in [0.2, 0.25) is 5.91 Å². The number of likely N-dealkylation sites (tertiary alicyclic amines) is 1. The Morgan fingerprint density at radius 3 is 2.74 bits per heavy atom. The zero-order chi connectivity index (χ0) is 22.2. The monoisotopic (exact) mass is 439 g/mol. The van der Waals surface area contributed by atoms with Crippen LogP contribution in [0.4, 0.5) is 0 Å². The van der Waals surface area contributed by atoms with Crippen molar-refractivity contribution < 1.29 is 19.8 Å². The van der Waals surface area contributed by atoms with Gasteiger partial charge in [0, 0.05) is 17.8 Å². The summed E-state index contributed by atoms with van der Waals surface area (Å²) >= 11 is 1.21. The summed E-state index contributed by atoms with van der Waals surface area (Å²) in [5.74, 6) is -0.700. The number of aliphatic hydroxyl groups is 1. The summed E-state index contributed by atoms with van der Waals surface area (Å²) in [6, 6.07) is 13.6. The van der Waals surface area contributed by atoms with E-state index >= 15 is 0 Å². The molecule has 3 atom stereocenters. The minimum atomic E-state index is -0.930. The van der Waals surface area contributed by atoms with Gasteiger partial charge in [0.15, 0.2) is 0 Å². The molecule has 0 bridgehead atoms. The fourth-order valence-corrected chi connectivity index (χ4v) is 4.45. The summed E-state index contributed by atoms with van der Waals surface area (Å²) in [6.45, 7) is 2.51. The van der Waals surface area contributed by atoms with Crippen LogP contribution in [0.1, 0.15) is 46.3 Å². The normalized spacial score (nSPS) is 18.8. The number of nitrogens with zero attached hydrogens (tertiary/aromatic N) is 1. The van der Waals surface area contributed by atoms with Gasteiger partial charge in [0.25, 0.3) is 0 Å². The van der Waals surface area contributed by atoms with Crippen molar-refractivity contribution in [3.63, 3.8) is 0 Å². The molecule has 3 rings (SSSR count). The van der Waals surface area contributed by atoms with E-state index in [2.05, 4.69) is 12.1 Å². The first kappa shape index (κ1) is 23.0. The molecule has 6 heteroatoms. The van der Waals surface area contributed by atoms with Crippen LogP contribution in [-0.4, -0.2) is 45.7 Å². The van der Waals surface area contributed by atoms with E-state index < -0.39 is 12.1 Å². The predicted octanol–water partition coefficient (Wildman–Crippen LogP) is 4.64. The standard InChI is InChI=1S/C25H29NO4S/c1-18(9-10-19-6-3-2-4-7-19)22(27)14-11-20-12-16-24(28)26(20)17-5-8-21-13-15-23(31-21)25(29)30/h2-8,11,13-15,18,20,22,27H,9-10,12,16-17H2,1H3,(H,29,30)/t18-,20-,22+/m0/s1. The second-order valence-corrected chi connectivity index (χ2v) is 9.05. The van der Waals surface area contributed by atoms with E-state index in [4.69, 9.17) is 5.11 Å². The highest BCUT2D eigenvalue weighted by molar-refractivity contribution is 7.14. The van der Waals surface area contributed by atoms with Gasteiger partial charge in [-0.3, -0.25) is 4.79 Å². The van der Waals surface area contributed by atoms with E-state index in [0.29, 0.717) is 17.8 Å². The second kappa shape index (κ2) is 11.1. The topological polar surface area (TPSA) is 77.8 Å². The Morgan fingerprint density at radius 2 is 2.03 bits per heavy atom. The van der Waals surface area contributed by atoms with E-state index in [-0.39, 0.29) is 17.9 Å². The fraction of sp³-hybridized carbons (Fsp3) is 0.360. The molecule has 5 nitrogen and oxygen atoms in total. The Morgan fingerprint density at radius 1 is 1.26 bits per heavy atom. The molecule has 1 aromatic carbocycles. The van der Waals surface area contributed by atoms with Gasteiger partial charge in [-0.15, -0.1) is 11.3 Å². The Labute approximate surface area is 187 Å². The number of hydrogen-bond acceptors (Lipinski definition) is 4. The third kappa shape index (κ3) is 6.64. The number of carboxylic acid groups (broad SMARTS) is 1. The first-order chi connectivity index (χ1) is 14.9. The average Bonchev–Trinajstić information content (AvgIpc) is 3.38. The Balaban J connectivity index is 1.51. The summed E-state index contributed by atoms with van der Waals surface area (Å²) in [4.78, 5) is 26.2. The van der Waals surface area contributed by atoms with Gasteiger partial charge in [-0.05, 0) is 49.0 Å². The third-order valence-electron chi connectivity index (χ3n) is 5.64. The predicted molar refractivity (Wildman–Crippen MR) is 124 cm³/mol. The van der Waals surface area contributed by atoms with E-state index in [1.807, 2.05) is 49.4 Å². The number of carbonyl (C=O) groups is 2. The molecule has 0 aliphatic carbocycles. The van der Waals surface area contributed by atoms with Gasteiger partial charge in [-0.1, -0.05) is 55.5 Å². The molecule has 1 aliphatic heterocycles. The number of amides is 1. The van der Waals surface area contributed by atoms with Crippen molar-refractivity contribution in [1.82, 2.24) is 4.90 Å². The highest BCUT2D eigenvalue weighted by Crippen LogP contribution is 2.22. The summed E-state index contributed by atoms with van der Waals surface area (Å²) in [6.07, 6.45) is 10.1. The third-order valence-corrected chi connectivity index (χ3v) is 6.68. The smallest absolute Gasteiger partial charge is 0.345 e. The molecule has 2 N–H and O–H groups in total. The van der Waals surface area contributed by atoms with E-state index in [9.17, 15) is 14.7 Å². The van der Waals surface area contributed by atoms with Crippen molar-refractivity contribution in [2.24, 2.45) is 5.92 Å². The number of aromatic carboxylic acids is 1. The van der Waals surface area contributed by atoms with Gasteiger partial charge < -0.3 is 15.1 Å². The average molecular weight is 440 g/mol. The zero-order valence-electron chi connectivity index (χ0n) is 17.7. The number of hydrogen-bond donors (Lipinski definition) is 2. The maximum absolute atomic E-state index is 12.3. The first-order valence-corrected chi connectivity index (χ1v) is 11.4. The lowest BCUT2D eigenvalue weighted by atomic mass is 9.95. The molecule has 164 valence electrons. The van der Waals surface area contributed by atoms with Gasteiger partial charge in [0.05, 0.1) is 12.1 Å². The second-order valence-electron chi connectivity index (χ2n) is 7.94. The zero-order valence-corrected chi connectivity index (χ0v) is 18.5. The van der Waals surface area contributed by atoms with Crippen LogP contribution in [0.3, 0.4) is 0 Å². The SMILES string of the molecule is C[C@@H](CCc1ccccc1)[C@H](O)C=C[C@H]1CCC(=O)N1CC=Cc1ccc(C(=O)O)s1. The molecule has 1 fully saturated rings. The molecule has 0 unspecified atom stereocenters. The van der Waals surface area contributed by atoms with Crippen molar-refractivity contribution in [3.8, 4) is 0 Å². The van der Waals surface area contributed by atoms with Crippen LogP contribution >= 0.6 is 11.3 Å². The quantitative estimate of drug-likeness (QED) is 0.529. The number of aryl methyl sites for hydroxylation is 1. The lowest BCUT2D eigenvalue weighted by Gasteiger charge is -2.22. The minimum absolute atomic E-state index is 0.0222. The Kier molecular flexibility index (Phi) is 8.20. The molecule has 31 heavy (non-hydrogen) atoms. The molecule has 1 saturated heterocycles. The van der Waals surface area contributed by atoms with Crippen molar-refractivity contribution in [1.29, 1.82) is 0 Å². The van der Waals surface area contributed by atoms with Crippen LogP contribution < -0.4 is 0 Å². The van der Waals surface area contributed by atoms with Crippen molar-refractivity contribution in [3.05, 3.63) is 76.0 Å². The van der Waals surface area contributed by atoms with E-state index in [0.717, 1.165) is 24.1 Å². The van der Waals surface area contributed by atoms with Crippen molar-refractivity contribution in [2.45, 2.75) is 44.8 Å². The van der Waals surface area contributed by atoms with Crippen LogP contribution in [0.15, 0.2) is 60.7 Å². The van der Waals surface area contributed by atoms with Crippen LogP contribution in [-0.2, 0) is 11.2 Å². The van der Waals surface area contributed by atoms with Gasteiger partial charge in [-0.2, -0.15) is 0 Å². The van der Waals surface area contributed by atoms with E-state index in [1.165, 1.54) is 16.9 Å². The highest BCUT2D eigenvalue weighted by Gasteiger charge is 2.28. The molecule has 2 heterocycles. The maximum Gasteiger partial charge on any atom is 0.345 e. The molecule has 0 saturated carbocycles. The van der Waals surface area contributed by atoms with E-state index in [1.54, 1.807) is 17.0 Å². The number of carbonyl (C=O) groups excluding carboxylic acids is 1. The number of benzene rings is 1. The van der Waals surface area contributed by atoms with Crippen molar-refractivity contribution >= 4 is 29.3 Å². The Hall–Kier alpha value is -2.70. The molecule has 0 radical (unpaired) electrons. The summed E-state index contributed by atoms with van der Waals surface area (Å²) in [5.41, 5.74) is 1.27. The van der Waals surface area contributed by atoms with Crippen LogP contribution in [0.25, 0.3) is 6.08 Å². The number of carboxylic acids is 1. The molecular weight excluding hydrogens is 410 g/mol. The number of rotatable bonds is 10. The molecule has 1 aromatic heterocycles. The molecule has 0 spiro atoms. The van der Waals surface area contributed by atoms with Gasteiger partial charge >= 0.3 is 5.97 Å². The lowest BCUT2D eigenvalue weighted by molar-refractivity contribution is -0.127. The minimum Gasteiger partial charge on any atom is -0.477 e. The van der Waals surface area contributed by atoms with Crippen LogP contribution in [0, 0.1) is 5.92 Å². The van der Waals surface area contributed by atoms with Gasteiger partial charge in [-0.25, -0.2) is 4.79 Å². The van der Waals surface area contributed by atoms with Crippen LogP contribution in [0.5, 0.6) is 0 Å². The van der Waals surface area contributed by atoms with Crippen molar-refractivity contribution in [2.75, 3.05) is 6.54 Å². The Bertz CT molecular complexity index is 934.